The molecule has 0 spiro atoms. The van der Waals surface area contributed by atoms with Gasteiger partial charge in [0.2, 0.25) is 0 Å². The SMILES string of the molecule is Cc1cc(C)n(-c2nc3ccccc3nc2N2CCN(C(=O)c3ccccc3)CC2)n1. The maximum atomic E-state index is 12.8. The molecule has 0 saturated carbocycles. The Labute approximate surface area is 181 Å². The molecule has 2 aromatic carbocycles. The Morgan fingerprint density at radius 1 is 0.806 bits per heavy atom. The molecular formula is C24H24N6O. The first-order valence-corrected chi connectivity index (χ1v) is 10.5. The van der Waals surface area contributed by atoms with Gasteiger partial charge in [0.1, 0.15) is 0 Å². The molecule has 5 rings (SSSR count). The van der Waals surface area contributed by atoms with Crippen LogP contribution in [0.5, 0.6) is 0 Å². The van der Waals surface area contributed by atoms with Crippen molar-refractivity contribution in [2.24, 2.45) is 0 Å². The predicted octanol–water partition coefficient (Wildman–Crippen LogP) is 3.39. The fourth-order valence-electron chi connectivity index (χ4n) is 4.06. The molecule has 1 aliphatic heterocycles. The molecule has 0 bridgehead atoms. The number of carbonyl (C=O) groups excluding carboxylic acids is 1. The van der Waals surface area contributed by atoms with E-state index in [1.807, 2.05) is 84.1 Å². The molecule has 0 radical (unpaired) electrons. The summed E-state index contributed by atoms with van der Waals surface area (Å²) in [4.78, 5) is 26.8. The highest BCUT2D eigenvalue weighted by molar-refractivity contribution is 5.94. The highest BCUT2D eigenvalue weighted by Crippen LogP contribution is 2.26. The van der Waals surface area contributed by atoms with Gasteiger partial charge in [-0.1, -0.05) is 30.3 Å². The van der Waals surface area contributed by atoms with Crippen molar-refractivity contribution >= 4 is 22.8 Å². The van der Waals surface area contributed by atoms with E-state index in [2.05, 4.69) is 10.00 Å². The minimum Gasteiger partial charge on any atom is -0.350 e. The second-order valence-corrected chi connectivity index (χ2v) is 7.84. The molecule has 4 aromatic rings. The molecule has 3 heterocycles. The second kappa shape index (κ2) is 7.83. The summed E-state index contributed by atoms with van der Waals surface area (Å²) >= 11 is 0. The van der Waals surface area contributed by atoms with E-state index in [-0.39, 0.29) is 5.91 Å². The first kappa shape index (κ1) is 19.2. The van der Waals surface area contributed by atoms with E-state index >= 15 is 0 Å². The zero-order valence-electron chi connectivity index (χ0n) is 17.7. The first-order chi connectivity index (χ1) is 15.1. The number of fused-ring (bicyclic) bond motifs is 1. The molecule has 1 amide bonds. The Morgan fingerprint density at radius 2 is 1.42 bits per heavy atom. The van der Waals surface area contributed by atoms with Crippen molar-refractivity contribution in [3.05, 3.63) is 77.6 Å². The van der Waals surface area contributed by atoms with Crippen LogP contribution in [0.2, 0.25) is 0 Å². The van der Waals surface area contributed by atoms with Crippen LogP contribution < -0.4 is 4.90 Å². The van der Waals surface area contributed by atoms with E-state index in [9.17, 15) is 4.79 Å². The van der Waals surface area contributed by atoms with Gasteiger partial charge in [-0.15, -0.1) is 0 Å². The summed E-state index contributed by atoms with van der Waals surface area (Å²) in [6.07, 6.45) is 0. The van der Waals surface area contributed by atoms with E-state index in [0.29, 0.717) is 26.2 Å². The molecule has 7 nitrogen and oxygen atoms in total. The Balaban J connectivity index is 1.47. The summed E-state index contributed by atoms with van der Waals surface area (Å²) in [7, 11) is 0. The minimum absolute atomic E-state index is 0.0728. The summed E-state index contributed by atoms with van der Waals surface area (Å²) < 4.78 is 1.87. The van der Waals surface area contributed by atoms with Crippen LogP contribution in [0, 0.1) is 13.8 Å². The van der Waals surface area contributed by atoms with Crippen molar-refractivity contribution in [2.75, 3.05) is 31.1 Å². The zero-order valence-corrected chi connectivity index (χ0v) is 17.7. The zero-order chi connectivity index (χ0) is 21.4. The molecule has 0 atom stereocenters. The van der Waals surface area contributed by atoms with Gasteiger partial charge in [0.05, 0.1) is 16.7 Å². The van der Waals surface area contributed by atoms with E-state index in [4.69, 9.17) is 9.97 Å². The molecule has 0 unspecified atom stereocenters. The molecule has 0 aliphatic carbocycles. The van der Waals surface area contributed by atoms with Crippen LogP contribution in [0.25, 0.3) is 16.9 Å². The number of hydrogen-bond donors (Lipinski definition) is 0. The molecular weight excluding hydrogens is 388 g/mol. The van der Waals surface area contributed by atoms with Gasteiger partial charge < -0.3 is 9.80 Å². The van der Waals surface area contributed by atoms with Gasteiger partial charge in [0.15, 0.2) is 11.6 Å². The van der Waals surface area contributed by atoms with Crippen LogP contribution in [0.15, 0.2) is 60.7 Å². The van der Waals surface area contributed by atoms with Gasteiger partial charge >= 0.3 is 0 Å². The minimum atomic E-state index is 0.0728. The van der Waals surface area contributed by atoms with Crippen molar-refractivity contribution in [2.45, 2.75) is 13.8 Å². The maximum absolute atomic E-state index is 12.8. The number of nitrogens with zero attached hydrogens (tertiary/aromatic N) is 6. The second-order valence-electron chi connectivity index (χ2n) is 7.84. The van der Waals surface area contributed by atoms with E-state index in [1.165, 1.54) is 0 Å². The summed E-state index contributed by atoms with van der Waals surface area (Å²) in [5.41, 5.74) is 4.37. The maximum Gasteiger partial charge on any atom is 0.253 e. The standard InChI is InChI=1S/C24H24N6O/c1-17-16-18(2)30(27-17)23-22(25-20-10-6-7-11-21(20)26-23)28-12-14-29(15-13-28)24(31)19-8-4-3-5-9-19/h3-11,16H,12-15H2,1-2H3. The molecule has 7 heteroatoms. The quantitative estimate of drug-likeness (QED) is 0.516. The lowest BCUT2D eigenvalue weighted by molar-refractivity contribution is 0.0746. The highest BCUT2D eigenvalue weighted by Gasteiger charge is 2.26. The van der Waals surface area contributed by atoms with Gasteiger partial charge in [-0.05, 0) is 44.2 Å². The van der Waals surface area contributed by atoms with E-state index in [0.717, 1.165) is 39.6 Å². The van der Waals surface area contributed by atoms with Crippen LogP contribution in [0.4, 0.5) is 5.82 Å². The number of piperazine rings is 1. The number of rotatable bonds is 3. The number of hydrogen-bond acceptors (Lipinski definition) is 5. The summed E-state index contributed by atoms with van der Waals surface area (Å²) in [6, 6.07) is 19.4. The van der Waals surface area contributed by atoms with Crippen molar-refractivity contribution in [1.82, 2.24) is 24.6 Å². The third-order valence-electron chi connectivity index (χ3n) is 5.63. The predicted molar refractivity (Wildman–Crippen MR) is 121 cm³/mol. The van der Waals surface area contributed by atoms with E-state index in [1.54, 1.807) is 0 Å². The Morgan fingerprint density at radius 3 is 2.03 bits per heavy atom. The summed E-state index contributed by atoms with van der Waals surface area (Å²) in [6.45, 7) is 6.66. The summed E-state index contributed by atoms with van der Waals surface area (Å²) in [5, 5.41) is 4.65. The Hall–Kier alpha value is -3.74. The van der Waals surface area contributed by atoms with Gasteiger partial charge in [0, 0.05) is 37.4 Å². The molecule has 0 N–H and O–H groups in total. The van der Waals surface area contributed by atoms with Crippen molar-refractivity contribution in [3.63, 3.8) is 0 Å². The molecule has 1 saturated heterocycles. The molecule has 1 aliphatic rings. The lowest BCUT2D eigenvalue weighted by Crippen LogP contribution is -2.49. The van der Waals surface area contributed by atoms with Gasteiger partial charge in [0.25, 0.3) is 5.91 Å². The van der Waals surface area contributed by atoms with E-state index < -0.39 is 0 Å². The van der Waals surface area contributed by atoms with Gasteiger partial charge in [-0.2, -0.15) is 5.10 Å². The number of anilines is 1. The first-order valence-electron chi connectivity index (χ1n) is 10.5. The number of benzene rings is 2. The average Bonchev–Trinajstić information content (AvgIpc) is 3.16. The van der Waals surface area contributed by atoms with Crippen LogP contribution >= 0.6 is 0 Å². The Bertz CT molecular complexity index is 1240. The molecule has 1 fully saturated rings. The number of aryl methyl sites for hydroxylation is 2. The number of aromatic nitrogens is 4. The number of carbonyl (C=O) groups is 1. The van der Waals surface area contributed by atoms with Gasteiger partial charge in [-0.25, -0.2) is 14.6 Å². The molecule has 31 heavy (non-hydrogen) atoms. The third-order valence-corrected chi connectivity index (χ3v) is 5.63. The van der Waals surface area contributed by atoms with Crippen LogP contribution in [0.3, 0.4) is 0 Å². The van der Waals surface area contributed by atoms with Crippen molar-refractivity contribution in [3.8, 4) is 5.82 Å². The average molecular weight is 412 g/mol. The normalized spacial score (nSPS) is 14.3. The molecule has 156 valence electrons. The number of amides is 1. The lowest BCUT2D eigenvalue weighted by atomic mass is 10.2. The largest absolute Gasteiger partial charge is 0.350 e. The van der Waals surface area contributed by atoms with Crippen LogP contribution in [-0.4, -0.2) is 56.7 Å². The highest BCUT2D eigenvalue weighted by atomic mass is 16.2. The van der Waals surface area contributed by atoms with Crippen molar-refractivity contribution in [1.29, 1.82) is 0 Å². The smallest absolute Gasteiger partial charge is 0.253 e. The molecule has 2 aromatic heterocycles. The lowest BCUT2D eigenvalue weighted by Gasteiger charge is -2.36. The topological polar surface area (TPSA) is 67.2 Å². The van der Waals surface area contributed by atoms with Crippen LogP contribution in [0.1, 0.15) is 21.7 Å². The Kier molecular flexibility index (Phi) is 4.86. The van der Waals surface area contributed by atoms with Crippen LogP contribution in [-0.2, 0) is 0 Å². The number of para-hydroxylation sites is 2. The third kappa shape index (κ3) is 3.63. The fourth-order valence-corrected chi connectivity index (χ4v) is 4.06. The van der Waals surface area contributed by atoms with Crippen molar-refractivity contribution < 1.29 is 4.79 Å². The fraction of sp³-hybridized carbons (Fsp3) is 0.250. The van der Waals surface area contributed by atoms with Gasteiger partial charge in [-0.3, -0.25) is 4.79 Å². The summed E-state index contributed by atoms with van der Waals surface area (Å²) in [5.74, 6) is 1.60. The monoisotopic (exact) mass is 412 g/mol.